The van der Waals surface area contributed by atoms with E-state index in [0.29, 0.717) is 29.2 Å². The number of hydrogen-bond acceptors (Lipinski definition) is 4. The zero-order valence-corrected chi connectivity index (χ0v) is 15.8. The normalized spacial score (nSPS) is 10.8. The van der Waals surface area contributed by atoms with Crippen molar-refractivity contribution in [2.75, 3.05) is 0 Å². The summed E-state index contributed by atoms with van der Waals surface area (Å²) in [5.41, 5.74) is 3.81. The van der Waals surface area contributed by atoms with E-state index in [1.807, 2.05) is 60.7 Å². The Labute approximate surface area is 163 Å². The quantitative estimate of drug-likeness (QED) is 0.463. The first-order valence-electron chi connectivity index (χ1n) is 8.04. The summed E-state index contributed by atoms with van der Waals surface area (Å²) < 4.78 is 6.65. The Morgan fingerprint density at radius 1 is 1.04 bits per heavy atom. The first kappa shape index (κ1) is 16.7. The minimum absolute atomic E-state index is 0.0795. The Hall–Kier alpha value is -2.74. The zero-order chi connectivity index (χ0) is 17.9. The highest BCUT2D eigenvalue weighted by molar-refractivity contribution is 14.1. The molecule has 2 heterocycles. The average molecular weight is 455 g/mol. The Morgan fingerprint density at radius 2 is 1.85 bits per heavy atom. The van der Waals surface area contributed by atoms with Gasteiger partial charge in [-0.2, -0.15) is 4.98 Å². The van der Waals surface area contributed by atoms with Crippen LogP contribution in [-0.2, 0) is 6.54 Å². The fourth-order valence-electron chi connectivity index (χ4n) is 2.58. The van der Waals surface area contributed by atoms with E-state index < -0.39 is 0 Å². The number of fused-ring (bicyclic) bond motifs is 1. The van der Waals surface area contributed by atoms with Crippen LogP contribution in [0.3, 0.4) is 0 Å². The van der Waals surface area contributed by atoms with Gasteiger partial charge in [-0.3, -0.25) is 4.79 Å². The monoisotopic (exact) mass is 455 g/mol. The number of nitrogens with one attached hydrogen (secondary N) is 1. The van der Waals surface area contributed by atoms with Crippen molar-refractivity contribution in [3.63, 3.8) is 0 Å². The maximum Gasteiger partial charge on any atom is 0.252 e. The van der Waals surface area contributed by atoms with Crippen molar-refractivity contribution in [1.29, 1.82) is 0 Å². The summed E-state index contributed by atoms with van der Waals surface area (Å²) in [6.45, 7) is 0.458. The molecule has 2 aromatic carbocycles. The van der Waals surface area contributed by atoms with Crippen LogP contribution in [0.4, 0.5) is 0 Å². The number of benzene rings is 2. The van der Waals surface area contributed by atoms with Gasteiger partial charge in [-0.25, -0.2) is 4.98 Å². The van der Waals surface area contributed by atoms with E-state index in [2.05, 4.69) is 37.9 Å². The number of rotatable bonds is 4. The van der Waals surface area contributed by atoms with Gasteiger partial charge in [-0.15, -0.1) is 0 Å². The standard InChI is InChI=1S/C20H14IN3O2/c21-16-5-2-1-4-15(16)19(25)23-12-13-7-9-14(10-8-13)20-24-18-17(26-20)6-3-11-22-18/h1-11H,12H2,(H,23,25). The fraction of sp³-hybridized carbons (Fsp3) is 0.0500. The van der Waals surface area contributed by atoms with Gasteiger partial charge in [0, 0.05) is 21.9 Å². The second-order valence-electron chi connectivity index (χ2n) is 5.70. The molecule has 128 valence electrons. The average Bonchev–Trinajstić information content (AvgIpc) is 3.11. The van der Waals surface area contributed by atoms with Crippen LogP contribution in [0.15, 0.2) is 71.3 Å². The van der Waals surface area contributed by atoms with Gasteiger partial charge in [0.2, 0.25) is 5.89 Å². The molecule has 1 N–H and O–H groups in total. The Kier molecular flexibility index (Phi) is 4.66. The lowest BCUT2D eigenvalue weighted by atomic mass is 10.1. The number of carbonyl (C=O) groups excluding carboxylic acids is 1. The van der Waals surface area contributed by atoms with Crippen LogP contribution in [-0.4, -0.2) is 15.9 Å². The number of pyridine rings is 1. The van der Waals surface area contributed by atoms with E-state index in [1.54, 1.807) is 6.20 Å². The molecule has 0 saturated heterocycles. The van der Waals surface area contributed by atoms with Gasteiger partial charge in [0.15, 0.2) is 11.2 Å². The molecule has 4 rings (SSSR count). The van der Waals surface area contributed by atoms with E-state index >= 15 is 0 Å². The Bertz CT molecular complexity index is 1040. The lowest BCUT2D eigenvalue weighted by molar-refractivity contribution is 0.0950. The first-order valence-corrected chi connectivity index (χ1v) is 9.12. The predicted molar refractivity (Wildman–Crippen MR) is 108 cm³/mol. The number of nitrogens with zero attached hydrogens (tertiary/aromatic N) is 2. The van der Waals surface area contributed by atoms with E-state index in [9.17, 15) is 4.79 Å². The van der Waals surface area contributed by atoms with Gasteiger partial charge in [0.05, 0.1) is 5.56 Å². The molecule has 2 aromatic heterocycles. The molecule has 6 heteroatoms. The summed E-state index contributed by atoms with van der Waals surface area (Å²) in [4.78, 5) is 20.8. The van der Waals surface area contributed by atoms with Gasteiger partial charge in [-0.05, 0) is 64.6 Å². The van der Waals surface area contributed by atoms with Crippen LogP contribution in [0.5, 0.6) is 0 Å². The molecule has 0 saturated carbocycles. The molecule has 0 aliphatic rings. The van der Waals surface area contributed by atoms with Crippen molar-refractivity contribution < 1.29 is 9.21 Å². The maximum absolute atomic E-state index is 12.3. The highest BCUT2D eigenvalue weighted by Crippen LogP contribution is 2.23. The number of oxazole rings is 1. The van der Waals surface area contributed by atoms with Gasteiger partial charge >= 0.3 is 0 Å². The minimum Gasteiger partial charge on any atom is -0.434 e. The summed E-state index contributed by atoms with van der Waals surface area (Å²) >= 11 is 2.16. The van der Waals surface area contributed by atoms with Crippen molar-refractivity contribution in [3.05, 3.63) is 81.6 Å². The Balaban J connectivity index is 1.46. The smallest absolute Gasteiger partial charge is 0.252 e. The summed E-state index contributed by atoms with van der Waals surface area (Å²) in [6.07, 6.45) is 1.69. The molecule has 4 aromatic rings. The molecule has 0 aliphatic heterocycles. The van der Waals surface area contributed by atoms with Gasteiger partial charge in [0.1, 0.15) is 0 Å². The molecule has 26 heavy (non-hydrogen) atoms. The molecule has 0 bridgehead atoms. The number of halogens is 1. The third kappa shape index (κ3) is 3.45. The van der Waals surface area contributed by atoms with Crippen LogP contribution in [0, 0.1) is 3.57 Å². The summed E-state index contributed by atoms with van der Waals surface area (Å²) in [6, 6.07) is 18.9. The lowest BCUT2D eigenvalue weighted by Gasteiger charge is -2.07. The SMILES string of the molecule is O=C(NCc1ccc(-c2nc3ncccc3o2)cc1)c1ccccc1I. The third-order valence-electron chi connectivity index (χ3n) is 3.94. The maximum atomic E-state index is 12.3. The largest absolute Gasteiger partial charge is 0.434 e. The highest BCUT2D eigenvalue weighted by Gasteiger charge is 2.10. The van der Waals surface area contributed by atoms with Crippen molar-refractivity contribution in [1.82, 2.24) is 15.3 Å². The molecule has 0 radical (unpaired) electrons. The van der Waals surface area contributed by atoms with Gasteiger partial charge < -0.3 is 9.73 Å². The molecule has 0 aliphatic carbocycles. The van der Waals surface area contributed by atoms with Crippen molar-refractivity contribution in [2.45, 2.75) is 6.54 Å². The van der Waals surface area contributed by atoms with E-state index in [4.69, 9.17) is 4.42 Å². The topological polar surface area (TPSA) is 68.0 Å². The third-order valence-corrected chi connectivity index (χ3v) is 4.88. The van der Waals surface area contributed by atoms with Gasteiger partial charge in [-0.1, -0.05) is 24.3 Å². The van der Waals surface area contributed by atoms with Crippen LogP contribution in [0.1, 0.15) is 15.9 Å². The fourth-order valence-corrected chi connectivity index (χ4v) is 3.21. The molecular weight excluding hydrogens is 441 g/mol. The second kappa shape index (κ2) is 7.25. The predicted octanol–water partition coefficient (Wildman–Crippen LogP) is 4.42. The minimum atomic E-state index is -0.0795. The molecule has 0 atom stereocenters. The van der Waals surface area contributed by atoms with E-state index in [0.717, 1.165) is 14.7 Å². The van der Waals surface area contributed by atoms with Crippen LogP contribution >= 0.6 is 22.6 Å². The number of amides is 1. The second-order valence-corrected chi connectivity index (χ2v) is 6.87. The zero-order valence-electron chi connectivity index (χ0n) is 13.6. The van der Waals surface area contributed by atoms with Crippen LogP contribution < -0.4 is 5.32 Å². The first-order chi connectivity index (χ1) is 12.7. The molecule has 0 spiro atoms. The van der Waals surface area contributed by atoms with Gasteiger partial charge in [0.25, 0.3) is 5.91 Å². The number of aromatic nitrogens is 2. The summed E-state index contributed by atoms with van der Waals surface area (Å²) in [7, 11) is 0. The molecule has 0 fully saturated rings. The number of hydrogen-bond donors (Lipinski definition) is 1. The Morgan fingerprint density at radius 3 is 2.62 bits per heavy atom. The van der Waals surface area contributed by atoms with Crippen molar-refractivity contribution in [2.24, 2.45) is 0 Å². The molecule has 0 unspecified atom stereocenters. The van der Waals surface area contributed by atoms with Crippen molar-refractivity contribution >= 4 is 39.7 Å². The summed E-state index contributed by atoms with van der Waals surface area (Å²) in [5, 5.41) is 2.94. The molecule has 1 amide bonds. The summed E-state index contributed by atoms with van der Waals surface area (Å²) in [5.74, 6) is 0.456. The number of carbonyl (C=O) groups is 1. The highest BCUT2D eigenvalue weighted by atomic mass is 127. The molecular formula is C20H14IN3O2. The van der Waals surface area contributed by atoms with Crippen LogP contribution in [0.25, 0.3) is 22.7 Å². The lowest BCUT2D eigenvalue weighted by Crippen LogP contribution is -2.23. The van der Waals surface area contributed by atoms with E-state index in [-0.39, 0.29) is 5.91 Å². The van der Waals surface area contributed by atoms with E-state index in [1.165, 1.54) is 0 Å². The van der Waals surface area contributed by atoms with Crippen LogP contribution in [0.2, 0.25) is 0 Å². The molecule has 5 nitrogen and oxygen atoms in total. The van der Waals surface area contributed by atoms with Crippen molar-refractivity contribution in [3.8, 4) is 11.5 Å².